The maximum atomic E-state index is 11.5. The third kappa shape index (κ3) is 8.35. The third-order valence-corrected chi connectivity index (χ3v) is 3.05. The molecule has 0 aliphatic carbocycles. The topological polar surface area (TPSA) is 52.6 Å². The molecule has 0 heterocycles. The number of rotatable bonds is 9. The Kier molecular flexibility index (Phi) is 8.51. The van der Waals surface area contributed by atoms with Gasteiger partial charge < -0.3 is 9.47 Å². The monoisotopic (exact) mass is 312 g/mol. The lowest BCUT2D eigenvalue weighted by molar-refractivity contribution is -0.146. The average Bonchev–Trinajstić information content (AvgIpc) is 2.45. The Morgan fingerprint density at radius 3 is 2.48 bits per heavy atom. The van der Waals surface area contributed by atoms with Crippen LogP contribution in [0.4, 0.5) is 0 Å². The van der Waals surface area contributed by atoms with E-state index in [1.54, 1.807) is 18.2 Å². The van der Waals surface area contributed by atoms with E-state index in [1.165, 1.54) is 0 Å². The summed E-state index contributed by atoms with van der Waals surface area (Å²) in [5.41, 5.74) is 0.842. The van der Waals surface area contributed by atoms with Gasteiger partial charge in [-0.1, -0.05) is 37.1 Å². The zero-order chi connectivity index (χ0) is 15.5. The lowest BCUT2D eigenvalue weighted by Crippen LogP contribution is -2.08. The summed E-state index contributed by atoms with van der Waals surface area (Å²) in [6.45, 7) is 2.68. The van der Waals surface area contributed by atoms with Crippen molar-refractivity contribution in [3.63, 3.8) is 0 Å². The number of hydrogen-bond acceptors (Lipinski definition) is 4. The van der Waals surface area contributed by atoms with Gasteiger partial charge in [0.05, 0.1) is 6.61 Å². The first kappa shape index (κ1) is 17.5. The second-order valence-corrected chi connectivity index (χ2v) is 5.15. The molecule has 0 amide bonds. The Labute approximate surface area is 130 Å². The van der Waals surface area contributed by atoms with Crippen LogP contribution in [0.5, 0.6) is 0 Å². The Bertz CT molecular complexity index is 459. The molecule has 1 aromatic rings. The molecule has 0 saturated heterocycles. The van der Waals surface area contributed by atoms with Gasteiger partial charge in [0.15, 0.2) is 0 Å². The summed E-state index contributed by atoms with van der Waals surface area (Å²) in [5.74, 6) is -0.581. The fourth-order valence-corrected chi connectivity index (χ4v) is 1.86. The van der Waals surface area contributed by atoms with E-state index in [2.05, 4.69) is 0 Å². The van der Waals surface area contributed by atoms with Crippen molar-refractivity contribution in [3.8, 4) is 0 Å². The summed E-state index contributed by atoms with van der Waals surface area (Å²) in [6, 6.07) is 7.15. The molecule has 4 nitrogen and oxygen atoms in total. The van der Waals surface area contributed by atoms with E-state index in [9.17, 15) is 9.59 Å². The van der Waals surface area contributed by atoms with Crippen molar-refractivity contribution in [2.24, 2.45) is 0 Å². The predicted molar refractivity (Wildman–Crippen MR) is 81.0 cm³/mol. The zero-order valence-electron chi connectivity index (χ0n) is 12.3. The van der Waals surface area contributed by atoms with Crippen LogP contribution in [0.25, 0.3) is 0 Å². The van der Waals surface area contributed by atoms with Gasteiger partial charge in [0, 0.05) is 17.9 Å². The molecular weight excluding hydrogens is 292 g/mol. The number of unbranched alkanes of at least 4 members (excludes halogenated alkanes) is 1. The molecule has 0 N–H and O–H groups in total. The molecule has 1 aromatic carbocycles. The van der Waals surface area contributed by atoms with Crippen molar-refractivity contribution >= 4 is 23.5 Å². The van der Waals surface area contributed by atoms with Gasteiger partial charge in [-0.2, -0.15) is 0 Å². The van der Waals surface area contributed by atoms with Gasteiger partial charge in [-0.05, 0) is 30.5 Å². The van der Waals surface area contributed by atoms with Gasteiger partial charge in [-0.25, -0.2) is 0 Å². The first-order chi connectivity index (χ1) is 10.1. The molecular formula is C16H21ClO4. The molecule has 21 heavy (non-hydrogen) atoms. The van der Waals surface area contributed by atoms with Crippen LogP contribution in [0.2, 0.25) is 5.02 Å². The molecule has 0 unspecified atom stereocenters. The first-order valence-corrected chi connectivity index (χ1v) is 7.55. The molecule has 0 aliphatic heterocycles. The Hall–Kier alpha value is -1.55. The van der Waals surface area contributed by atoms with Crippen molar-refractivity contribution in [3.05, 3.63) is 34.9 Å². The third-order valence-electron chi connectivity index (χ3n) is 2.81. The van der Waals surface area contributed by atoms with Gasteiger partial charge in [-0.15, -0.1) is 0 Å². The summed E-state index contributed by atoms with van der Waals surface area (Å²) in [5, 5.41) is 0.610. The van der Waals surface area contributed by atoms with E-state index in [0.717, 1.165) is 18.4 Å². The molecule has 0 radical (unpaired) electrons. The second-order valence-electron chi connectivity index (χ2n) is 4.72. The van der Waals surface area contributed by atoms with E-state index in [0.29, 0.717) is 18.1 Å². The summed E-state index contributed by atoms with van der Waals surface area (Å²) in [4.78, 5) is 22.9. The largest absolute Gasteiger partial charge is 0.466 e. The lowest BCUT2D eigenvalue weighted by Gasteiger charge is -2.06. The lowest BCUT2D eigenvalue weighted by atomic mass is 10.2. The van der Waals surface area contributed by atoms with Gasteiger partial charge in [0.25, 0.3) is 0 Å². The maximum Gasteiger partial charge on any atom is 0.306 e. The number of hydrogen-bond donors (Lipinski definition) is 0. The van der Waals surface area contributed by atoms with Crippen LogP contribution < -0.4 is 0 Å². The first-order valence-electron chi connectivity index (χ1n) is 7.17. The fraction of sp³-hybridized carbons (Fsp3) is 0.500. The second kappa shape index (κ2) is 10.2. The molecule has 0 aliphatic rings. The number of carbonyl (C=O) groups is 2. The van der Waals surface area contributed by atoms with E-state index >= 15 is 0 Å². The Morgan fingerprint density at radius 2 is 1.81 bits per heavy atom. The summed E-state index contributed by atoms with van der Waals surface area (Å²) in [6.07, 6.45) is 2.76. The minimum Gasteiger partial charge on any atom is -0.466 e. The predicted octanol–water partition coefficient (Wildman–Crippen LogP) is 3.90. The standard InChI is InChI=1S/C16H21ClO4/c1-2-3-10-20-15(18)8-5-9-16(19)21-12-13-6-4-7-14(17)11-13/h4,6-7,11H,2-3,5,8-10,12H2,1H3. The normalized spacial score (nSPS) is 10.2. The van der Waals surface area contributed by atoms with Crippen LogP contribution in [-0.4, -0.2) is 18.5 Å². The van der Waals surface area contributed by atoms with Crippen LogP contribution in [0, 0.1) is 0 Å². The quantitative estimate of drug-likeness (QED) is 0.512. The van der Waals surface area contributed by atoms with Gasteiger partial charge >= 0.3 is 11.9 Å². The minimum atomic E-state index is -0.323. The van der Waals surface area contributed by atoms with Crippen LogP contribution in [0.1, 0.15) is 44.6 Å². The molecule has 0 fully saturated rings. The van der Waals surface area contributed by atoms with Crippen molar-refractivity contribution in [1.29, 1.82) is 0 Å². The molecule has 5 heteroatoms. The highest BCUT2D eigenvalue weighted by atomic mass is 35.5. The van der Waals surface area contributed by atoms with Crippen molar-refractivity contribution in [2.75, 3.05) is 6.61 Å². The number of halogens is 1. The SMILES string of the molecule is CCCCOC(=O)CCCC(=O)OCc1cccc(Cl)c1. The highest BCUT2D eigenvalue weighted by molar-refractivity contribution is 6.30. The van der Waals surface area contributed by atoms with E-state index in [4.69, 9.17) is 21.1 Å². The van der Waals surface area contributed by atoms with E-state index < -0.39 is 0 Å². The Morgan fingerprint density at radius 1 is 1.10 bits per heavy atom. The highest BCUT2D eigenvalue weighted by Crippen LogP contribution is 2.12. The van der Waals surface area contributed by atoms with Gasteiger partial charge in [0.2, 0.25) is 0 Å². The zero-order valence-corrected chi connectivity index (χ0v) is 13.0. The van der Waals surface area contributed by atoms with E-state index in [1.807, 2.05) is 13.0 Å². The van der Waals surface area contributed by atoms with Crippen LogP contribution >= 0.6 is 11.6 Å². The van der Waals surface area contributed by atoms with Crippen molar-refractivity contribution in [2.45, 2.75) is 45.6 Å². The van der Waals surface area contributed by atoms with Gasteiger partial charge in [0.1, 0.15) is 6.61 Å². The fourth-order valence-electron chi connectivity index (χ4n) is 1.64. The van der Waals surface area contributed by atoms with Crippen molar-refractivity contribution in [1.82, 2.24) is 0 Å². The smallest absolute Gasteiger partial charge is 0.306 e. The summed E-state index contributed by atoms with van der Waals surface area (Å²) in [7, 11) is 0. The molecule has 0 aromatic heterocycles. The number of benzene rings is 1. The molecule has 0 bridgehead atoms. The molecule has 0 saturated carbocycles. The van der Waals surface area contributed by atoms with Crippen LogP contribution in [0.3, 0.4) is 0 Å². The number of carbonyl (C=O) groups excluding carboxylic acids is 2. The maximum absolute atomic E-state index is 11.5. The van der Waals surface area contributed by atoms with Crippen LogP contribution in [-0.2, 0) is 25.7 Å². The average molecular weight is 313 g/mol. The molecule has 116 valence electrons. The van der Waals surface area contributed by atoms with Crippen molar-refractivity contribution < 1.29 is 19.1 Å². The van der Waals surface area contributed by atoms with E-state index in [-0.39, 0.29) is 31.4 Å². The molecule has 0 atom stereocenters. The van der Waals surface area contributed by atoms with Crippen LogP contribution in [0.15, 0.2) is 24.3 Å². The van der Waals surface area contributed by atoms with Gasteiger partial charge in [-0.3, -0.25) is 9.59 Å². The minimum absolute atomic E-state index is 0.195. The summed E-state index contributed by atoms with van der Waals surface area (Å²) >= 11 is 5.84. The molecule has 0 spiro atoms. The summed E-state index contributed by atoms with van der Waals surface area (Å²) < 4.78 is 10.1. The Balaban J connectivity index is 2.12. The number of esters is 2. The highest BCUT2D eigenvalue weighted by Gasteiger charge is 2.07. The number of ether oxygens (including phenoxy) is 2. The molecule has 1 rings (SSSR count).